The molecule has 0 aromatic heterocycles. The molecule has 2 aromatic carbocycles. The second-order valence-corrected chi connectivity index (χ2v) is 7.64. The summed E-state index contributed by atoms with van der Waals surface area (Å²) >= 11 is 0. The Hall–Kier alpha value is -2.43. The number of aliphatic hydroxyl groups excluding tert-OH is 1. The van der Waals surface area contributed by atoms with Crippen molar-refractivity contribution in [2.24, 2.45) is 5.73 Å². The van der Waals surface area contributed by atoms with Gasteiger partial charge in [0.15, 0.2) is 0 Å². The fourth-order valence-electron chi connectivity index (χ4n) is 2.82. The monoisotopic (exact) mass is 454 g/mol. The van der Waals surface area contributed by atoms with Gasteiger partial charge >= 0.3 is 14.9 Å². The third-order valence-electron chi connectivity index (χ3n) is 4.55. The van der Waals surface area contributed by atoms with Crippen molar-refractivity contribution in [2.45, 2.75) is 31.5 Å². The van der Waals surface area contributed by atoms with Crippen molar-refractivity contribution in [1.82, 2.24) is 0 Å². The van der Waals surface area contributed by atoms with Gasteiger partial charge in [-0.2, -0.15) is 13.2 Å². The lowest BCUT2D eigenvalue weighted by Crippen LogP contribution is -2.47. The van der Waals surface area contributed by atoms with Crippen LogP contribution in [0.4, 0.5) is 13.2 Å². The van der Waals surface area contributed by atoms with Gasteiger partial charge in [0.25, 0.3) is 0 Å². The Morgan fingerprint density at radius 1 is 1.19 bits per heavy atom. The average molecular weight is 454 g/mol. The SMILES string of the molecule is Cc1cccc(C#CCOc2ccc(CCC(N)(CO)CO[PH+]=O)cc2C(F)(F)F)c1. The molecule has 9 heteroatoms. The van der Waals surface area contributed by atoms with E-state index in [0.717, 1.165) is 17.2 Å². The van der Waals surface area contributed by atoms with E-state index in [1.807, 2.05) is 31.2 Å². The molecule has 0 heterocycles. The molecule has 0 radical (unpaired) electrons. The van der Waals surface area contributed by atoms with Crippen molar-refractivity contribution < 1.29 is 32.1 Å². The summed E-state index contributed by atoms with van der Waals surface area (Å²) in [6.07, 6.45) is -4.30. The zero-order valence-electron chi connectivity index (χ0n) is 17.0. The van der Waals surface area contributed by atoms with Gasteiger partial charge in [0.1, 0.15) is 19.0 Å². The highest BCUT2D eigenvalue weighted by atomic mass is 31.1. The van der Waals surface area contributed by atoms with Gasteiger partial charge in [-0.05, 0) is 59.7 Å². The maximum atomic E-state index is 13.5. The number of hydrogen-bond donors (Lipinski definition) is 2. The molecule has 0 saturated carbocycles. The summed E-state index contributed by atoms with van der Waals surface area (Å²) in [4.78, 5) is 0. The molecule has 2 atom stereocenters. The lowest BCUT2D eigenvalue weighted by molar-refractivity contribution is -0.138. The Bertz CT molecular complexity index is 956. The number of benzene rings is 2. The molecule has 3 N–H and O–H groups in total. The molecule has 2 rings (SSSR count). The first-order chi connectivity index (χ1) is 14.7. The van der Waals surface area contributed by atoms with Crippen molar-refractivity contribution in [2.75, 3.05) is 19.8 Å². The molecule has 2 aromatic rings. The van der Waals surface area contributed by atoms with Gasteiger partial charge in [-0.15, -0.1) is 4.52 Å². The van der Waals surface area contributed by atoms with E-state index in [0.29, 0.717) is 5.56 Å². The van der Waals surface area contributed by atoms with Crippen molar-refractivity contribution in [3.05, 3.63) is 64.7 Å². The van der Waals surface area contributed by atoms with E-state index in [1.165, 1.54) is 12.1 Å². The Morgan fingerprint density at radius 3 is 2.61 bits per heavy atom. The van der Waals surface area contributed by atoms with Crippen LogP contribution in [0.15, 0.2) is 42.5 Å². The third kappa shape index (κ3) is 7.97. The minimum Gasteiger partial charge on any atom is -0.480 e. The molecule has 0 amide bonds. The summed E-state index contributed by atoms with van der Waals surface area (Å²) in [6, 6.07) is 11.2. The molecule has 166 valence electrons. The van der Waals surface area contributed by atoms with E-state index in [4.69, 9.17) is 15.0 Å². The lowest BCUT2D eigenvalue weighted by Gasteiger charge is -2.24. The molecule has 0 aliphatic heterocycles. The van der Waals surface area contributed by atoms with Crippen LogP contribution in [0.3, 0.4) is 0 Å². The fourth-order valence-corrected chi connectivity index (χ4v) is 3.16. The number of halogens is 3. The number of rotatable bonds is 9. The van der Waals surface area contributed by atoms with Crippen LogP contribution in [0, 0.1) is 18.8 Å². The Labute approximate surface area is 180 Å². The van der Waals surface area contributed by atoms with Crippen molar-refractivity contribution in [1.29, 1.82) is 0 Å². The smallest absolute Gasteiger partial charge is 0.480 e. The molecule has 0 bridgehead atoms. The van der Waals surface area contributed by atoms with Crippen LogP contribution in [0.2, 0.25) is 0 Å². The highest BCUT2D eigenvalue weighted by Crippen LogP contribution is 2.37. The Morgan fingerprint density at radius 2 is 1.97 bits per heavy atom. The van der Waals surface area contributed by atoms with Crippen LogP contribution < -0.4 is 10.5 Å². The number of alkyl halides is 3. The number of nitrogens with two attached hydrogens (primary N) is 1. The molecular formula is C22H24F3NO4P+. The number of aliphatic hydroxyl groups is 1. The predicted molar refractivity (Wildman–Crippen MR) is 112 cm³/mol. The summed E-state index contributed by atoms with van der Waals surface area (Å²) in [6.45, 7) is 1.11. The van der Waals surface area contributed by atoms with Gasteiger partial charge in [-0.1, -0.05) is 30.0 Å². The first-order valence-electron chi connectivity index (χ1n) is 9.44. The van der Waals surface area contributed by atoms with E-state index in [2.05, 4.69) is 11.8 Å². The maximum absolute atomic E-state index is 13.5. The molecule has 0 aliphatic rings. The normalized spacial score (nSPS) is 13.4. The predicted octanol–water partition coefficient (Wildman–Crippen LogP) is 4.02. The zero-order chi connectivity index (χ0) is 22.9. The van der Waals surface area contributed by atoms with Gasteiger partial charge in [0.2, 0.25) is 0 Å². The number of aryl methyl sites for hydroxylation is 2. The van der Waals surface area contributed by atoms with Crippen LogP contribution >= 0.6 is 8.69 Å². The molecule has 0 aliphatic carbocycles. The summed E-state index contributed by atoms with van der Waals surface area (Å²) < 4.78 is 61.1. The van der Waals surface area contributed by atoms with Crippen LogP contribution in [0.5, 0.6) is 5.75 Å². The second kappa shape index (κ2) is 11.3. The molecule has 0 saturated heterocycles. The average Bonchev–Trinajstić information content (AvgIpc) is 2.73. The lowest BCUT2D eigenvalue weighted by atomic mass is 9.93. The largest absolute Gasteiger partial charge is 0.494 e. The second-order valence-electron chi connectivity index (χ2n) is 7.18. The van der Waals surface area contributed by atoms with Crippen molar-refractivity contribution >= 4 is 8.69 Å². The summed E-state index contributed by atoms with van der Waals surface area (Å²) in [5.74, 6) is 5.27. The Kier molecular flexibility index (Phi) is 9.02. The highest BCUT2D eigenvalue weighted by Gasteiger charge is 2.35. The first-order valence-corrected chi connectivity index (χ1v) is 10.3. The van der Waals surface area contributed by atoms with Crippen LogP contribution in [0.25, 0.3) is 0 Å². The number of ether oxygens (including phenoxy) is 1. The zero-order valence-corrected chi connectivity index (χ0v) is 18.0. The third-order valence-corrected chi connectivity index (χ3v) is 4.81. The van der Waals surface area contributed by atoms with Gasteiger partial charge in [0.05, 0.1) is 17.7 Å². The number of hydrogen-bond acceptors (Lipinski definition) is 5. The fraction of sp³-hybridized carbons (Fsp3) is 0.364. The minimum atomic E-state index is -4.61. The molecule has 2 unspecified atom stereocenters. The first kappa shape index (κ1) is 24.8. The highest BCUT2D eigenvalue weighted by molar-refractivity contribution is 7.17. The molecule has 5 nitrogen and oxygen atoms in total. The van der Waals surface area contributed by atoms with E-state index in [-0.39, 0.29) is 31.8 Å². The van der Waals surface area contributed by atoms with Crippen molar-refractivity contribution in [3.63, 3.8) is 0 Å². The molecular weight excluding hydrogens is 430 g/mol. The summed E-state index contributed by atoms with van der Waals surface area (Å²) in [5, 5.41) is 9.42. The minimum absolute atomic E-state index is 0.146. The maximum Gasteiger partial charge on any atom is 0.494 e. The van der Waals surface area contributed by atoms with E-state index >= 15 is 0 Å². The van der Waals surface area contributed by atoms with Crippen LogP contribution in [-0.4, -0.2) is 30.5 Å². The van der Waals surface area contributed by atoms with Gasteiger partial charge < -0.3 is 15.6 Å². The molecule has 0 spiro atoms. The van der Waals surface area contributed by atoms with Gasteiger partial charge in [-0.3, -0.25) is 0 Å². The topological polar surface area (TPSA) is 81.8 Å². The summed E-state index contributed by atoms with van der Waals surface area (Å²) in [5.41, 5.74) is 6.00. The van der Waals surface area contributed by atoms with Crippen LogP contribution in [0.1, 0.15) is 28.7 Å². The van der Waals surface area contributed by atoms with Gasteiger partial charge in [0, 0.05) is 5.56 Å². The quantitative estimate of drug-likeness (QED) is 0.442. The van der Waals surface area contributed by atoms with Crippen LogP contribution in [-0.2, 0) is 21.7 Å². The van der Waals surface area contributed by atoms with Gasteiger partial charge in [-0.25, -0.2) is 0 Å². The van der Waals surface area contributed by atoms with Crippen molar-refractivity contribution in [3.8, 4) is 17.6 Å². The molecule has 31 heavy (non-hydrogen) atoms. The van der Waals surface area contributed by atoms with E-state index in [1.54, 1.807) is 0 Å². The van der Waals surface area contributed by atoms with E-state index in [9.17, 15) is 22.8 Å². The Balaban J connectivity index is 2.10. The summed E-state index contributed by atoms with van der Waals surface area (Å²) in [7, 11) is -1.03. The standard InChI is InChI=1S/C22H24F3NO4P/c1-16-4-2-5-17(12-16)6-3-11-29-20-8-7-18(13-19(20)22(23,24)25)9-10-21(26,14-27)15-30-31-28/h2,4-5,7-8,12-13,27,31H,9-11,14-15,26H2,1H3/q+1. The molecule has 0 fully saturated rings. The van der Waals surface area contributed by atoms with E-state index < -0.39 is 32.6 Å².